The number of ether oxygens (including phenoxy) is 1. The van der Waals surface area contributed by atoms with E-state index in [4.69, 9.17) is 15.5 Å². The Bertz CT molecular complexity index is 642. The predicted molar refractivity (Wildman–Crippen MR) is 94.3 cm³/mol. The predicted octanol–water partition coefficient (Wildman–Crippen LogP) is 3.09. The Hall–Kier alpha value is -1.72. The summed E-state index contributed by atoms with van der Waals surface area (Å²) in [5.41, 5.74) is 1.61. The second-order valence-electron chi connectivity index (χ2n) is 7.49. The zero-order chi connectivity index (χ0) is 18.0. The van der Waals surface area contributed by atoms with Crippen molar-refractivity contribution in [2.45, 2.75) is 63.9 Å². The van der Waals surface area contributed by atoms with E-state index in [2.05, 4.69) is 0 Å². The molecule has 2 fully saturated rings. The van der Waals surface area contributed by atoms with Crippen LogP contribution in [0.3, 0.4) is 0 Å². The van der Waals surface area contributed by atoms with Gasteiger partial charge in [0.2, 0.25) is 0 Å². The van der Waals surface area contributed by atoms with Crippen molar-refractivity contribution in [3.63, 3.8) is 0 Å². The van der Waals surface area contributed by atoms with E-state index in [1.165, 1.54) is 0 Å². The van der Waals surface area contributed by atoms with E-state index in [1.54, 1.807) is 19.2 Å². The molecule has 0 radical (unpaired) electrons. The molecule has 0 heterocycles. The first kappa shape index (κ1) is 18.1. The van der Waals surface area contributed by atoms with Gasteiger partial charge in [-0.25, -0.2) is 0 Å². The van der Waals surface area contributed by atoms with Gasteiger partial charge in [-0.15, -0.1) is 0 Å². The van der Waals surface area contributed by atoms with Crippen LogP contribution in [0.25, 0.3) is 0 Å². The molecule has 1 aromatic rings. The van der Waals surface area contributed by atoms with E-state index in [9.17, 15) is 9.59 Å². The molecule has 0 saturated heterocycles. The summed E-state index contributed by atoms with van der Waals surface area (Å²) in [4.78, 5) is 30.8. The molecule has 0 atom stereocenters. The molecule has 136 valence electrons. The summed E-state index contributed by atoms with van der Waals surface area (Å²) in [5.74, 6) is 5.15. The minimum atomic E-state index is -0.671. The van der Waals surface area contributed by atoms with Gasteiger partial charge in [-0.3, -0.25) is 9.59 Å². The maximum absolute atomic E-state index is 13.0. The third-order valence-electron chi connectivity index (χ3n) is 6.01. The average Bonchev–Trinajstić information content (AvgIpc) is 2.61. The number of benzene rings is 1. The van der Waals surface area contributed by atoms with Crippen molar-refractivity contribution in [1.29, 1.82) is 0 Å². The quantitative estimate of drug-likeness (QED) is 0.670. The van der Waals surface area contributed by atoms with Gasteiger partial charge in [0.1, 0.15) is 23.2 Å². The number of rotatable bonds is 4. The molecule has 5 nitrogen and oxygen atoms in total. The lowest BCUT2D eigenvalue weighted by Gasteiger charge is -2.43. The number of hydrogen-bond donors (Lipinski definition) is 1. The largest absolute Gasteiger partial charge is 0.412 e. The molecule has 2 saturated carbocycles. The number of carbonyl (C=O) groups excluding carboxylic acids is 2. The standard InChI is InChI=1S/C20H27NO4/c1-3-13-4-5-15(25-21)10-16(13)19-17(22)11-20(12-18(19)23)8-6-14(24-2)7-9-20/h4-5,10,14,19H,3,6-9,11-12,21H2,1-2H3. The fourth-order valence-corrected chi connectivity index (χ4v) is 4.56. The normalized spacial score (nSPS) is 29.9. The van der Waals surface area contributed by atoms with Crippen LogP contribution in [0, 0.1) is 5.41 Å². The fraction of sp³-hybridized carbons (Fsp3) is 0.600. The highest BCUT2D eigenvalue weighted by atomic mass is 16.6. The minimum Gasteiger partial charge on any atom is -0.412 e. The molecule has 2 N–H and O–H groups in total. The van der Waals surface area contributed by atoms with Crippen molar-refractivity contribution in [3.8, 4) is 5.75 Å². The number of methoxy groups -OCH3 is 1. The van der Waals surface area contributed by atoms with Crippen molar-refractivity contribution >= 4 is 11.6 Å². The van der Waals surface area contributed by atoms with E-state index in [0.29, 0.717) is 18.6 Å². The monoisotopic (exact) mass is 345 g/mol. The molecule has 0 aliphatic heterocycles. The van der Waals surface area contributed by atoms with E-state index < -0.39 is 5.92 Å². The van der Waals surface area contributed by atoms with Gasteiger partial charge in [0.15, 0.2) is 0 Å². The van der Waals surface area contributed by atoms with Crippen molar-refractivity contribution in [2.75, 3.05) is 7.11 Å². The highest BCUT2D eigenvalue weighted by Gasteiger charge is 2.47. The molecule has 0 unspecified atom stereocenters. The molecule has 1 spiro atoms. The Morgan fingerprint density at radius 1 is 1.16 bits per heavy atom. The van der Waals surface area contributed by atoms with E-state index in [-0.39, 0.29) is 23.1 Å². The van der Waals surface area contributed by atoms with Crippen LogP contribution in [0.15, 0.2) is 18.2 Å². The second-order valence-corrected chi connectivity index (χ2v) is 7.49. The molecule has 1 aromatic carbocycles. The lowest BCUT2D eigenvalue weighted by Crippen LogP contribution is -2.42. The van der Waals surface area contributed by atoms with Crippen LogP contribution in [-0.2, 0) is 20.7 Å². The Morgan fingerprint density at radius 3 is 2.32 bits per heavy atom. The lowest BCUT2D eigenvalue weighted by molar-refractivity contribution is -0.138. The smallest absolute Gasteiger partial charge is 0.148 e. The minimum absolute atomic E-state index is 0.0380. The topological polar surface area (TPSA) is 78.6 Å². The molecule has 3 rings (SSSR count). The van der Waals surface area contributed by atoms with Crippen LogP contribution in [0.2, 0.25) is 0 Å². The van der Waals surface area contributed by atoms with Gasteiger partial charge < -0.3 is 9.57 Å². The summed E-state index contributed by atoms with van der Waals surface area (Å²) in [6.07, 6.45) is 5.63. The molecule has 25 heavy (non-hydrogen) atoms. The Balaban J connectivity index is 1.85. The zero-order valence-electron chi connectivity index (χ0n) is 15.0. The second kappa shape index (κ2) is 7.26. The van der Waals surface area contributed by atoms with Gasteiger partial charge >= 0.3 is 0 Å². The first-order valence-corrected chi connectivity index (χ1v) is 9.09. The van der Waals surface area contributed by atoms with Gasteiger partial charge in [0.05, 0.1) is 6.10 Å². The molecule has 2 aliphatic carbocycles. The molecule has 0 bridgehead atoms. The van der Waals surface area contributed by atoms with E-state index in [0.717, 1.165) is 43.2 Å². The molecule has 2 aliphatic rings. The van der Waals surface area contributed by atoms with Crippen LogP contribution in [0.1, 0.15) is 62.5 Å². The molecule has 5 heteroatoms. The SMILES string of the molecule is CCc1ccc(ON)cc1C1C(=O)CC2(CCC(OC)CC2)CC1=O. The fourth-order valence-electron chi connectivity index (χ4n) is 4.56. The van der Waals surface area contributed by atoms with Crippen LogP contribution < -0.4 is 10.7 Å². The van der Waals surface area contributed by atoms with Crippen LogP contribution in [0.4, 0.5) is 0 Å². The Kier molecular flexibility index (Phi) is 5.25. The third kappa shape index (κ3) is 3.48. The summed E-state index contributed by atoms with van der Waals surface area (Å²) < 4.78 is 5.43. The van der Waals surface area contributed by atoms with Crippen LogP contribution in [-0.4, -0.2) is 24.8 Å². The lowest BCUT2D eigenvalue weighted by atomic mass is 9.61. The highest BCUT2D eigenvalue weighted by molar-refractivity contribution is 6.10. The molecule has 0 aromatic heterocycles. The van der Waals surface area contributed by atoms with Crippen molar-refractivity contribution in [2.24, 2.45) is 11.3 Å². The maximum atomic E-state index is 13.0. The number of nitrogens with two attached hydrogens (primary N) is 1. The number of ketones is 2. The molecular formula is C20H27NO4. The summed E-state index contributed by atoms with van der Waals surface area (Å²) in [6.45, 7) is 2.02. The van der Waals surface area contributed by atoms with Gasteiger partial charge in [-0.05, 0) is 60.8 Å². The molecular weight excluding hydrogens is 318 g/mol. The van der Waals surface area contributed by atoms with Crippen LogP contribution >= 0.6 is 0 Å². The third-order valence-corrected chi connectivity index (χ3v) is 6.01. The van der Waals surface area contributed by atoms with Crippen molar-refractivity contribution in [1.82, 2.24) is 0 Å². The summed E-state index contributed by atoms with van der Waals surface area (Å²) >= 11 is 0. The van der Waals surface area contributed by atoms with Crippen molar-refractivity contribution in [3.05, 3.63) is 29.3 Å². The Labute approximate surface area is 148 Å². The maximum Gasteiger partial charge on any atom is 0.148 e. The highest BCUT2D eigenvalue weighted by Crippen LogP contribution is 2.49. The number of Topliss-reactive ketones (excluding diaryl/α,β-unsaturated/α-hetero) is 2. The summed E-state index contributed by atoms with van der Waals surface area (Å²) in [5, 5.41) is 0. The number of aryl methyl sites for hydroxylation is 1. The summed E-state index contributed by atoms with van der Waals surface area (Å²) in [7, 11) is 1.73. The Morgan fingerprint density at radius 2 is 1.80 bits per heavy atom. The molecule has 0 amide bonds. The first-order chi connectivity index (χ1) is 12.0. The van der Waals surface area contributed by atoms with E-state index >= 15 is 0 Å². The average molecular weight is 345 g/mol. The first-order valence-electron chi connectivity index (χ1n) is 9.09. The van der Waals surface area contributed by atoms with Gasteiger partial charge in [0.25, 0.3) is 0 Å². The van der Waals surface area contributed by atoms with Gasteiger partial charge in [-0.2, -0.15) is 5.90 Å². The van der Waals surface area contributed by atoms with Gasteiger partial charge in [-0.1, -0.05) is 13.0 Å². The number of carbonyl (C=O) groups is 2. The van der Waals surface area contributed by atoms with Crippen LogP contribution in [0.5, 0.6) is 5.75 Å². The summed E-state index contributed by atoms with van der Waals surface area (Å²) in [6, 6.07) is 5.42. The van der Waals surface area contributed by atoms with Gasteiger partial charge in [0, 0.05) is 20.0 Å². The van der Waals surface area contributed by atoms with Crippen molar-refractivity contribution < 1.29 is 19.2 Å². The van der Waals surface area contributed by atoms with E-state index in [1.807, 2.05) is 13.0 Å². The zero-order valence-corrected chi connectivity index (χ0v) is 15.0. The number of hydrogen-bond acceptors (Lipinski definition) is 5.